The minimum Gasteiger partial charge on any atom is -0.378 e. The molecule has 4 heteroatoms. The summed E-state index contributed by atoms with van der Waals surface area (Å²) < 4.78 is 27.8. The van der Waals surface area contributed by atoms with Crippen LogP contribution in [0.2, 0.25) is 0 Å². The Hall–Kier alpha value is -0.220. The van der Waals surface area contributed by atoms with Crippen LogP contribution in [0.15, 0.2) is 0 Å². The van der Waals surface area contributed by atoms with Crippen molar-refractivity contribution < 1.29 is 13.7 Å². The number of hydrogen-bond donors (Lipinski definition) is 0. The monoisotopic (exact) mass is 137 g/mol. The first kappa shape index (κ1) is 6.89. The second kappa shape index (κ2) is 2.58. The first-order valence-electron chi connectivity index (χ1n) is 2.91. The second-order valence-corrected chi connectivity index (χ2v) is 2.28. The molecule has 2 unspecified atom stereocenters. The van der Waals surface area contributed by atoms with Crippen molar-refractivity contribution in [1.29, 1.82) is 0 Å². The summed E-state index contributed by atoms with van der Waals surface area (Å²) in [4.78, 5) is 0. The summed E-state index contributed by atoms with van der Waals surface area (Å²) in [5, 5.41) is -0.788. The third kappa shape index (κ3) is 1.59. The predicted octanol–water partition coefficient (Wildman–Crippen LogP) is 1.09. The Morgan fingerprint density at radius 1 is 1.67 bits per heavy atom. The van der Waals surface area contributed by atoms with Crippen molar-refractivity contribution >= 4 is 0 Å². The summed E-state index contributed by atoms with van der Waals surface area (Å²) in [6.07, 6.45) is 0.0130. The summed E-state index contributed by atoms with van der Waals surface area (Å²) in [5.41, 5.74) is 0. The van der Waals surface area contributed by atoms with E-state index >= 15 is 0 Å². The van der Waals surface area contributed by atoms with Gasteiger partial charge in [-0.1, -0.05) is 0 Å². The van der Waals surface area contributed by atoms with E-state index in [2.05, 4.69) is 0 Å². The summed E-state index contributed by atoms with van der Waals surface area (Å²) >= 11 is 0. The van der Waals surface area contributed by atoms with Crippen LogP contribution in [-0.4, -0.2) is 24.6 Å². The molecule has 0 saturated carbocycles. The van der Waals surface area contributed by atoms with Gasteiger partial charge >= 0.3 is 0 Å². The summed E-state index contributed by atoms with van der Waals surface area (Å²) in [6.45, 7) is 2.12. The lowest BCUT2D eigenvalue weighted by molar-refractivity contribution is -0.204. The van der Waals surface area contributed by atoms with Crippen molar-refractivity contribution in [1.82, 2.24) is 5.34 Å². The normalized spacial score (nSPS) is 34.7. The van der Waals surface area contributed by atoms with E-state index in [-0.39, 0.29) is 18.6 Å². The van der Waals surface area contributed by atoms with E-state index in [0.717, 1.165) is 0 Å². The number of halogens is 2. The van der Waals surface area contributed by atoms with Crippen molar-refractivity contribution in [2.45, 2.75) is 13.0 Å². The molecule has 0 aromatic rings. The van der Waals surface area contributed by atoms with Crippen LogP contribution in [-0.2, 0) is 4.74 Å². The fraction of sp³-hybridized carbons (Fsp3) is 1.00. The Labute approximate surface area is 52.3 Å². The van der Waals surface area contributed by atoms with E-state index in [4.69, 9.17) is 4.74 Å². The molecule has 1 fully saturated rings. The number of ether oxygens (including phenoxy) is 1. The molecule has 2 nitrogen and oxygen atoms in total. The first-order valence-corrected chi connectivity index (χ1v) is 2.91. The third-order valence-electron chi connectivity index (χ3n) is 1.61. The average molecular weight is 137 g/mol. The van der Waals surface area contributed by atoms with Crippen LogP contribution >= 0.6 is 0 Å². The van der Waals surface area contributed by atoms with E-state index in [9.17, 15) is 8.96 Å². The summed E-state index contributed by atoms with van der Waals surface area (Å²) in [5.74, 6) is 0.0278. The van der Waals surface area contributed by atoms with E-state index in [1.165, 1.54) is 0 Å². The van der Waals surface area contributed by atoms with Crippen LogP contribution in [0.4, 0.5) is 8.96 Å². The van der Waals surface area contributed by atoms with Crippen molar-refractivity contribution in [2.24, 2.45) is 5.92 Å². The van der Waals surface area contributed by atoms with E-state index in [1.807, 2.05) is 0 Å². The largest absolute Gasteiger partial charge is 0.378 e. The zero-order valence-electron chi connectivity index (χ0n) is 5.18. The molecule has 9 heavy (non-hydrogen) atoms. The van der Waals surface area contributed by atoms with Crippen molar-refractivity contribution in [3.63, 3.8) is 0 Å². The standard InChI is InChI=1S/C5H9F2NO/c1-4-5(3-9-4)2-8(6)7/h4-5H,2-3H2,1H3. The van der Waals surface area contributed by atoms with Gasteiger partial charge in [0, 0.05) is 11.3 Å². The molecule has 0 spiro atoms. The molecular formula is C5H9F2NO. The van der Waals surface area contributed by atoms with E-state index in [0.29, 0.717) is 6.61 Å². The molecule has 0 radical (unpaired) electrons. The molecule has 0 aromatic carbocycles. The maximum atomic E-state index is 11.5. The molecule has 0 aliphatic carbocycles. The topological polar surface area (TPSA) is 12.5 Å². The van der Waals surface area contributed by atoms with Gasteiger partial charge in [-0.2, -0.15) is 0 Å². The zero-order valence-corrected chi connectivity index (χ0v) is 5.18. The molecule has 0 amide bonds. The SMILES string of the molecule is CC1OCC1CN(F)F. The Balaban J connectivity index is 2.13. The highest BCUT2D eigenvalue weighted by atomic mass is 19.4. The van der Waals surface area contributed by atoms with Crippen LogP contribution in [0.3, 0.4) is 0 Å². The van der Waals surface area contributed by atoms with Gasteiger partial charge in [0.25, 0.3) is 0 Å². The molecule has 0 aromatic heterocycles. The molecule has 1 aliphatic rings. The summed E-state index contributed by atoms with van der Waals surface area (Å²) in [7, 11) is 0. The van der Waals surface area contributed by atoms with Crippen molar-refractivity contribution in [3.8, 4) is 0 Å². The molecule has 1 saturated heterocycles. The molecule has 2 atom stereocenters. The highest BCUT2D eigenvalue weighted by Gasteiger charge is 2.29. The minimum absolute atomic E-state index is 0.0130. The van der Waals surface area contributed by atoms with Gasteiger partial charge in [-0.25, -0.2) is 0 Å². The maximum Gasteiger partial charge on any atom is 0.0695 e. The maximum absolute atomic E-state index is 11.5. The van der Waals surface area contributed by atoms with Gasteiger partial charge in [-0.3, -0.25) is 0 Å². The highest BCUT2D eigenvalue weighted by Crippen LogP contribution is 2.20. The lowest BCUT2D eigenvalue weighted by atomic mass is 10.0. The second-order valence-electron chi connectivity index (χ2n) is 2.28. The van der Waals surface area contributed by atoms with Crippen molar-refractivity contribution in [3.05, 3.63) is 0 Å². The molecule has 1 rings (SSSR count). The van der Waals surface area contributed by atoms with Crippen LogP contribution in [0.5, 0.6) is 0 Å². The van der Waals surface area contributed by atoms with Gasteiger partial charge in [0.1, 0.15) is 0 Å². The van der Waals surface area contributed by atoms with Crippen LogP contribution < -0.4 is 0 Å². The molecule has 54 valence electrons. The fourth-order valence-electron chi connectivity index (χ4n) is 0.803. The van der Waals surface area contributed by atoms with E-state index < -0.39 is 5.34 Å². The first-order chi connectivity index (χ1) is 4.20. The Morgan fingerprint density at radius 3 is 2.44 bits per heavy atom. The zero-order chi connectivity index (χ0) is 6.85. The van der Waals surface area contributed by atoms with Gasteiger partial charge in [-0.15, -0.1) is 8.96 Å². The van der Waals surface area contributed by atoms with Crippen molar-refractivity contribution in [2.75, 3.05) is 13.2 Å². The smallest absolute Gasteiger partial charge is 0.0695 e. The molecule has 1 aliphatic heterocycles. The molecule has 0 N–H and O–H groups in total. The Morgan fingerprint density at radius 2 is 2.33 bits per heavy atom. The number of hydrogen-bond acceptors (Lipinski definition) is 2. The fourth-order valence-corrected chi connectivity index (χ4v) is 0.803. The molecule has 1 heterocycles. The lowest BCUT2D eigenvalue weighted by Gasteiger charge is -2.33. The minimum atomic E-state index is -0.788. The van der Waals surface area contributed by atoms with Crippen LogP contribution in [0.25, 0.3) is 0 Å². The Kier molecular flexibility index (Phi) is 1.97. The summed E-state index contributed by atoms with van der Waals surface area (Å²) in [6, 6.07) is 0. The highest BCUT2D eigenvalue weighted by molar-refractivity contribution is 4.74. The quantitative estimate of drug-likeness (QED) is 0.528. The number of nitrogens with zero attached hydrogens (tertiary/aromatic N) is 1. The average Bonchev–Trinajstić information content (AvgIpc) is 1.79. The van der Waals surface area contributed by atoms with E-state index in [1.54, 1.807) is 6.92 Å². The van der Waals surface area contributed by atoms with Crippen LogP contribution in [0.1, 0.15) is 6.92 Å². The van der Waals surface area contributed by atoms with Gasteiger partial charge in [0.15, 0.2) is 0 Å². The molecule has 0 bridgehead atoms. The van der Waals surface area contributed by atoms with Gasteiger partial charge in [-0.05, 0) is 6.92 Å². The predicted molar refractivity (Wildman–Crippen MR) is 27.8 cm³/mol. The van der Waals surface area contributed by atoms with Gasteiger partial charge in [0.05, 0.1) is 19.3 Å². The lowest BCUT2D eigenvalue weighted by Crippen LogP contribution is -2.41. The molecular weight excluding hydrogens is 128 g/mol. The Bertz CT molecular complexity index is 99.0. The van der Waals surface area contributed by atoms with Gasteiger partial charge in [0.2, 0.25) is 0 Å². The van der Waals surface area contributed by atoms with Gasteiger partial charge < -0.3 is 4.74 Å². The third-order valence-corrected chi connectivity index (χ3v) is 1.61. The number of rotatable bonds is 2. The van der Waals surface area contributed by atoms with Crippen LogP contribution in [0, 0.1) is 5.92 Å².